The third-order valence-corrected chi connectivity index (χ3v) is 7.56. The summed E-state index contributed by atoms with van der Waals surface area (Å²) >= 11 is 0. The molecule has 3 aromatic rings. The van der Waals surface area contributed by atoms with Crippen LogP contribution in [0.5, 0.6) is 11.5 Å². The van der Waals surface area contributed by atoms with Crippen LogP contribution in [0.1, 0.15) is 51.3 Å². The maximum Gasteiger partial charge on any atom is 0.586 e. The predicted octanol–water partition coefficient (Wildman–Crippen LogP) is 4.81. The lowest BCUT2D eigenvalue weighted by Gasteiger charge is -2.26. The number of carbonyl (C=O) groups excluding carboxylic acids is 1. The van der Waals surface area contributed by atoms with Gasteiger partial charge in [-0.15, -0.1) is 8.78 Å². The molecule has 37 heavy (non-hydrogen) atoms. The van der Waals surface area contributed by atoms with Gasteiger partial charge in [0.2, 0.25) is 5.91 Å². The summed E-state index contributed by atoms with van der Waals surface area (Å²) in [5.41, 5.74) is 0.625. The molecule has 2 aliphatic rings. The van der Waals surface area contributed by atoms with Crippen molar-refractivity contribution in [3.8, 4) is 11.5 Å². The van der Waals surface area contributed by atoms with Crippen molar-refractivity contribution in [2.75, 3.05) is 11.9 Å². The molecule has 1 aromatic heterocycles. The lowest BCUT2D eigenvalue weighted by Crippen LogP contribution is -2.28. The summed E-state index contributed by atoms with van der Waals surface area (Å²) in [7, 11) is 0. The van der Waals surface area contributed by atoms with Crippen molar-refractivity contribution in [1.82, 2.24) is 4.57 Å². The van der Waals surface area contributed by atoms with Crippen molar-refractivity contribution in [3.63, 3.8) is 0 Å². The number of amides is 1. The Morgan fingerprint density at radius 3 is 2.51 bits per heavy atom. The van der Waals surface area contributed by atoms with Crippen molar-refractivity contribution in [2.24, 2.45) is 0 Å². The fourth-order valence-electron chi connectivity index (χ4n) is 4.85. The summed E-state index contributed by atoms with van der Waals surface area (Å²) in [5, 5.41) is 22.8. The normalized spacial score (nSPS) is 18.2. The molecule has 5 rings (SSSR count). The van der Waals surface area contributed by atoms with Gasteiger partial charge in [-0.25, -0.2) is 4.39 Å². The van der Waals surface area contributed by atoms with Gasteiger partial charge in [0, 0.05) is 22.6 Å². The number of hydrogen-bond donors (Lipinski definition) is 3. The molecule has 1 atom stereocenters. The predicted molar refractivity (Wildman–Crippen MR) is 130 cm³/mol. The third-order valence-electron chi connectivity index (χ3n) is 7.56. The molecular weight excluding hydrogens is 489 g/mol. The lowest BCUT2D eigenvalue weighted by atomic mass is 9.86. The minimum Gasteiger partial charge on any atom is -0.395 e. The van der Waals surface area contributed by atoms with E-state index < -0.39 is 36.1 Å². The van der Waals surface area contributed by atoms with Crippen LogP contribution in [0.2, 0.25) is 0 Å². The van der Waals surface area contributed by atoms with Crippen molar-refractivity contribution >= 4 is 22.5 Å². The Morgan fingerprint density at radius 2 is 1.86 bits per heavy atom. The second-order valence-electron chi connectivity index (χ2n) is 10.5. The minimum absolute atomic E-state index is 0.00300. The molecule has 1 amide bonds. The number of alkyl halides is 2. The van der Waals surface area contributed by atoms with Crippen molar-refractivity contribution in [2.45, 2.75) is 69.8 Å². The third kappa shape index (κ3) is 4.42. The number of aliphatic hydroxyl groups is 2. The molecule has 1 aliphatic carbocycles. The second-order valence-corrected chi connectivity index (χ2v) is 10.5. The van der Waals surface area contributed by atoms with E-state index in [0.29, 0.717) is 29.3 Å². The lowest BCUT2D eigenvalue weighted by molar-refractivity contribution is -0.286. The number of aliphatic hydroxyl groups excluding tert-OH is 2. The van der Waals surface area contributed by atoms with E-state index in [0.717, 1.165) is 12.1 Å². The number of carbonyl (C=O) groups is 1. The SMILES string of the molecule is CCC(C)(C)c1cc2cc(NC(=O)C3(c4ccc5c(c4)OC(F)(F)O5)CC3)c(F)cc2n1C[C@@H](O)CO. The van der Waals surface area contributed by atoms with E-state index in [2.05, 4.69) is 14.8 Å². The van der Waals surface area contributed by atoms with Crippen LogP contribution in [0.15, 0.2) is 36.4 Å². The van der Waals surface area contributed by atoms with Gasteiger partial charge in [-0.1, -0.05) is 26.8 Å². The smallest absolute Gasteiger partial charge is 0.395 e. The molecule has 1 aliphatic heterocycles. The molecule has 0 spiro atoms. The molecule has 1 saturated carbocycles. The number of aromatic nitrogens is 1. The number of nitrogens with zero attached hydrogens (tertiary/aromatic N) is 1. The van der Waals surface area contributed by atoms with Gasteiger partial charge in [0.15, 0.2) is 11.5 Å². The Hall–Kier alpha value is -3.24. The molecule has 1 fully saturated rings. The zero-order valence-corrected chi connectivity index (χ0v) is 20.8. The summed E-state index contributed by atoms with van der Waals surface area (Å²) in [6, 6.07) is 9.02. The number of halogens is 3. The van der Waals surface area contributed by atoms with E-state index in [9.17, 15) is 23.8 Å². The largest absolute Gasteiger partial charge is 0.586 e. The molecule has 10 heteroatoms. The highest BCUT2D eigenvalue weighted by Crippen LogP contribution is 2.52. The Morgan fingerprint density at radius 1 is 1.16 bits per heavy atom. The number of fused-ring (bicyclic) bond motifs is 2. The Balaban J connectivity index is 1.46. The average molecular weight is 519 g/mol. The Labute approximate surface area is 211 Å². The van der Waals surface area contributed by atoms with E-state index >= 15 is 4.39 Å². The van der Waals surface area contributed by atoms with Gasteiger partial charge in [0.25, 0.3) is 0 Å². The van der Waals surface area contributed by atoms with E-state index in [1.54, 1.807) is 16.7 Å². The molecule has 0 unspecified atom stereocenters. The van der Waals surface area contributed by atoms with E-state index in [-0.39, 0.29) is 29.1 Å². The van der Waals surface area contributed by atoms with Gasteiger partial charge >= 0.3 is 6.29 Å². The van der Waals surface area contributed by atoms with Crippen molar-refractivity contribution in [3.05, 3.63) is 53.5 Å². The Kier molecular flexibility index (Phi) is 5.95. The molecule has 7 nitrogen and oxygen atoms in total. The van der Waals surface area contributed by atoms with Crippen molar-refractivity contribution in [1.29, 1.82) is 0 Å². The van der Waals surface area contributed by atoms with Crippen LogP contribution >= 0.6 is 0 Å². The van der Waals surface area contributed by atoms with Crippen LogP contribution in [-0.4, -0.2) is 39.7 Å². The summed E-state index contributed by atoms with van der Waals surface area (Å²) in [4.78, 5) is 13.3. The van der Waals surface area contributed by atoms with Crippen LogP contribution in [0, 0.1) is 5.82 Å². The molecule has 0 bridgehead atoms. The molecule has 198 valence electrons. The molecule has 2 heterocycles. The quantitative estimate of drug-likeness (QED) is 0.398. The molecule has 0 saturated heterocycles. The highest BCUT2D eigenvalue weighted by Gasteiger charge is 2.53. The first kappa shape index (κ1) is 25.4. The van der Waals surface area contributed by atoms with E-state index in [4.69, 9.17) is 0 Å². The standard InChI is InChI=1S/C27H29F3N2O5/c1-4-25(2,3)23-10-15-9-19(18(28)12-20(15)32(23)13-17(34)14-33)31-24(35)26(7-8-26)16-5-6-21-22(11-16)37-27(29,30)36-21/h5-6,9-12,17,33-34H,4,7-8,13-14H2,1-3H3,(H,31,35)/t17-/m1/s1. The first-order valence-corrected chi connectivity index (χ1v) is 12.2. The number of ether oxygens (including phenoxy) is 2. The summed E-state index contributed by atoms with van der Waals surface area (Å²) in [6.07, 6.45) is -3.03. The van der Waals surface area contributed by atoms with Crippen LogP contribution in [0.4, 0.5) is 18.9 Å². The number of nitrogens with one attached hydrogen (secondary N) is 1. The van der Waals surface area contributed by atoms with Gasteiger partial charge in [-0.3, -0.25) is 4.79 Å². The van der Waals surface area contributed by atoms with Gasteiger partial charge < -0.3 is 29.6 Å². The van der Waals surface area contributed by atoms with Gasteiger partial charge in [0.05, 0.1) is 35.9 Å². The van der Waals surface area contributed by atoms with Gasteiger partial charge in [-0.05, 0) is 49.1 Å². The number of anilines is 1. The van der Waals surface area contributed by atoms with Crippen LogP contribution in [-0.2, 0) is 22.2 Å². The fourth-order valence-corrected chi connectivity index (χ4v) is 4.85. The van der Waals surface area contributed by atoms with Crippen LogP contribution in [0.25, 0.3) is 10.9 Å². The molecule has 3 N–H and O–H groups in total. The molecule has 2 aromatic carbocycles. The van der Waals surface area contributed by atoms with Gasteiger partial charge in [-0.2, -0.15) is 0 Å². The maximum atomic E-state index is 15.3. The van der Waals surface area contributed by atoms with Gasteiger partial charge in [0.1, 0.15) is 5.82 Å². The maximum absolute atomic E-state index is 15.3. The molecule has 0 radical (unpaired) electrons. The summed E-state index contributed by atoms with van der Waals surface area (Å²) in [5.74, 6) is -1.35. The monoisotopic (exact) mass is 518 g/mol. The van der Waals surface area contributed by atoms with Crippen LogP contribution < -0.4 is 14.8 Å². The second kappa shape index (κ2) is 8.66. The summed E-state index contributed by atoms with van der Waals surface area (Å²) < 4.78 is 52.9. The molecular formula is C27H29F3N2O5. The average Bonchev–Trinajstić information content (AvgIpc) is 3.50. The van der Waals surface area contributed by atoms with Crippen LogP contribution in [0.3, 0.4) is 0 Å². The first-order chi connectivity index (χ1) is 17.4. The number of rotatable bonds is 8. The topological polar surface area (TPSA) is 93.0 Å². The van der Waals surface area contributed by atoms with E-state index in [1.807, 2.05) is 26.8 Å². The zero-order valence-electron chi connectivity index (χ0n) is 20.8. The number of hydrogen-bond acceptors (Lipinski definition) is 5. The van der Waals surface area contributed by atoms with Crippen molar-refractivity contribution < 1.29 is 37.7 Å². The first-order valence-electron chi connectivity index (χ1n) is 12.2. The summed E-state index contributed by atoms with van der Waals surface area (Å²) in [6.45, 7) is 5.78. The highest BCUT2D eigenvalue weighted by molar-refractivity contribution is 6.02. The highest BCUT2D eigenvalue weighted by atomic mass is 19.3. The zero-order chi connectivity index (χ0) is 26.8. The Bertz CT molecular complexity index is 1380. The number of benzene rings is 2. The minimum atomic E-state index is -3.76. The van der Waals surface area contributed by atoms with E-state index in [1.165, 1.54) is 18.2 Å². The fraction of sp³-hybridized carbons (Fsp3) is 0.444.